The molecule has 0 spiro atoms. The van der Waals surface area contributed by atoms with E-state index in [1.807, 2.05) is 12.1 Å². The first-order valence-electron chi connectivity index (χ1n) is 5.86. The van der Waals surface area contributed by atoms with Crippen molar-refractivity contribution in [3.8, 4) is 5.75 Å². The SMILES string of the molecule is O=C(Oc1ccc(CCO)cc1)c1ccc(Cl)cc1. The summed E-state index contributed by atoms with van der Waals surface area (Å²) in [6.45, 7) is 0.101. The van der Waals surface area contributed by atoms with Crippen molar-refractivity contribution in [1.29, 1.82) is 0 Å². The first kappa shape index (κ1) is 13.6. The van der Waals surface area contributed by atoms with Crippen molar-refractivity contribution >= 4 is 17.6 Å². The normalized spacial score (nSPS) is 10.2. The van der Waals surface area contributed by atoms with Crippen LogP contribution < -0.4 is 4.74 Å². The van der Waals surface area contributed by atoms with E-state index in [1.54, 1.807) is 36.4 Å². The maximum atomic E-state index is 11.8. The van der Waals surface area contributed by atoms with Gasteiger partial charge in [0.2, 0.25) is 0 Å². The Hall–Kier alpha value is -1.84. The number of rotatable bonds is 4. The van der Waals surface area contributed by atoms with E-state index in [0.29, 0.717) is 22.8 Å². The minimum atomic E-state index is -0.424. The molecule has 0 bridgehead atoms. The molecule has 0 aliphatic rings. The van der Waals surface area contributed by atoms with Crippen LogP contribution in [0.3, 0.4) is 0 Å². The molecule has 0 aliphatic carbocycles. The topological polar surface area (TPSA) is 46.5 Å². The number of ether oxygens (including phenoxy) is 1. The second kappa shape index (κ2) is 6.36. The lowest BCUT2D eigenvalue weighted by Gasteiger charge is -2.05. The van der Waals surface area contributed by atoms with Gasteiger partial charge >= 0.3 is 5.97 Å². The van der Waals surface area contributed by atoms with E-state index in [0.717, 1.165) is 5.56 Å². The summed E-state index contributed by atoms with van der Waals surface area (Å²) >= 11 is 5.75. The molecular formula is C15H13ClO3. The fourth-order valence-corrected chi connectivity index (χ4v) is 1.73. The summed E-state index contributed by atoms with van der Waals surface area (Å²) in [7, 11) is 0. The lowest BCUT2D eigenvalue weighted by Crippen LogP contribution is -2.08. The van der Waals surface area contributed by atoms with Crippen LogP contribution in [0, 0.1) is 0 Å². The molecule has 2 rings (SSSR count). The molecule has 98 valence electrons. The summed E-state index contributed by atoms with van der Waals surface area (Å²) in [6, 6.07) is 13.6. The smallest absolute Gasteiger partial charge is 0.343 e. The number of aliphatic hydroxyl groups excluding tert-OH is 1. The highest BCUT2D eigenvalue weighted by Crippen LogP contribution is 2.16. The molecule has 19 heavy (non-hydrogen) atoms. The number of carbonyl (C=O) groups excluding carboxylic acids is 1. The lowest BCUT2D eigenvalue weighted by molar-refractivity contribution is 0.0734. The third kappa shape index (κ3) is 3.81. The number of carbonyl (C=O) groups is 1. The van der Waals surface area contributed by atoms with Crippen LogP contribution in [0.1, 0.15) is 15.9 Å². The van der Waals surface area contributed by atoms with Gasteiger partial charge in [0.15, 0.2) is 0 Å². The van der Waals surface area contributed by atoms with Gasteiger partial charge < -0.3 is 9.84 Å². The highest BCUT2D eigenvalue weighted by atomic mass is 35.5. The van der Waals surface area contributed by atoms with Gasteiger partial charge in [-0.15, -0.1) is 0 Å². The van der Waals surface area contributed by atoms with Crippen LogP contribution in [0.5, 0.6) is 5.75 Å². The minimum Gasteiger partial charge on any atom is -0.423 e. The zero-order chi connectivity index (χ0) is 13.7. The van der Waals surface area contributed by atoms with Crippen molar-refractivity contribution < 1.29 is 14.6 Å². The monoisotopic (exact) mass is 276 g/mol. The maximum Gasteiger partial charge on any atom is 0.343 e. The molecule has 2 aromatic rings. The summed E-state index contributed by atoms with van der Waals surface area (Å²) in [6.07, 6.45) is 0.589. The van der Waals surface area contributed by atoms with Crippen LogP contribution >= 0.6 is 11.6 Å². The molecule has 0 radical (unpaired) electrons. The Balaban J connectivity index is 2.04. The molecule has 0 unspecified atom stereocenters. The van der Waals surface area contributed by atoms with E-state index in [-0.39, 0.29) is 6.61 Å². The largest absolute Gasteiger partial charge is 0.423 e. The second-order valence-corrected chi connectivity index (χ2v) is 4.45. The molecule has 0 fully saturated rings. The standard InChI is InChI=1S/C15H13ClO3/c16-13-5-3-12(4-6-13)15(18)19-14-7-1-11(2-8-14)9-10-17/h1-8,17H,9-10H2. The quantitative estimate of drug-likeness (QED) is 0.689. The van der Waals surface area contributed by atoms with E-state index in [2.05, 4.69) is 0 Å². The molecule has 0 aliphatic heterocycles. The van der Waals surface area contributed by atoms with Crippen LogP contribution in [0.2, 0.25) is 5.02 Å². The van der Waals surface area contributed by atoms with E-state index in [4.69, 9.17) is 21.4 Å². The molecule has 0 saturated carbocycles. The lowest BCUT2D eigenvalue weighted by atomic mass is 10.1. The zero-order valence-electron chi connectivity index (χ0n) is 10.2. The minimum absolute atomic E-state index is 0.101. The molecule has 0 aromatic heterocycles. The number of benzene rings is 2. The Kier molecular flexibility index (Phi) is 4.55. The number of halogens is 1. The Morgan fingerprint density at radius 1 is 1.05 bits per heavy atom. The van der Waals surface area contributed by atoms with Crippen molar-refractivity contribution in [3.63, 3.8) is 0 Å². The van der Waals surface area contributed by atoms with Gasteiger partial charge in [-0.3, -0.25) is 0 Å². The molecule has 0 atom stereocenters. The van der Waals surface area contributed by atoms with Gasteiger partial charge in [0, 0.05) is 11.6 Å². The van der Waals surface area contributed by atoms with Crippen LogP contribution in [-0.2, 0) is 6.42 Å². The molecule has 3 nitrogen and oxygen atoms in total. The van der Waals surface area contributed by atoms with Gasteiger partial charge in [-0.25, -0.2) is 4.79 Å². The first-order valence-corrected chi connectivity index (χ1v) is 6.24. The van der Waals surface area contributed by atoms with Crippen molar-refractivity contribution in [2.45, 2.75) is 6.42 Å². The highest BCUT2D eigenvalue weighted by molar-refractivity contribution is 6.30. The fourth-order valence-electron chi connectivity index (χ4n) is 1.61. The average Bonchev–Trinajstić information content (AvgIpc) is 2.42. The molecule has 0 heterocycles. The number of hydrogen-bond acceptors (Lipinski definition) is 3. The molecule has 1 N–H and O–H groups in total. The van der Waals surface area contributed by atoms with Crippen LogP contribution in [0.15, 0.2) is 48.5 Å². The van der Waals surface area contributed by atoms with Gasteiger partial charge in [0.05, 0.1) is 5.56 Å². The predicted octanol–water partition coefficient (Wildman–Crippen LogP) is 3.09. The summed E-state index contributed by atoms with van der Waals surface area (Å²) < 4.78 is 5.23. The van der Waals surface area contributed by atoms with Crippen LogP contribution in [0.4, 0.5) is 0 Å². The second-order valence-electron chi connectivity index (χ2n) is 4.01. The number of hydrogen-bond donors (Lipinski definition) is 1. The maximum absolute atomic E-state index is 11.8. The van der Waals surface area contributed by atoms with Crippen molar-refractivity contribution in [3.05, 3.63) is 64.7 Å². The van der Waals surface area contributed by atoms with Gasteiger partial charge in [-0.05, 0) is 48.4 Å². The fraction of sp³-hybridized carbons (Fsp3) is 0.133. The van der Waals surface area contributed by atoms with Gasteiger partial charge in [-0.1, -0.05) is 23.7 Å². The van der Waals surface area contributed by atoms with Gasteiger partial charge in [0.1, 0.15) is 5.75 Å². The predicted molar refractivity (Wildman–Crippen MR) is 73.6 cm³/mol. The summed E-state index contributed by atoms with van der Waals surface area (Å²) in [5.74, 6) is 0.0493. The van der Waals surface area contributed by atoms with Crippen LogP contribution in [-0.4, -0.2) is 17.7 Å². The molecule has 0 saturated heterocycles. The van der Waals surface area contributed by atoms with Gasteiger partial charge in [0.25, 0.3) is 0 Å². The average molecular weight is 277 g/mol. The molecule has 2 aromatic carbocycles. The van der Waals surface area contributed by atoms with E-state index < -0.39 is 5.97 Å². The Morgan fingerprint density at radius 3 is 2.26 bits per heavy atom. The van der Waals surface area contributed by atoms with E-state index in [9.17, 15) is 4.79 Å². The molecule has 4 heteroatoms. The summed E-state index contributed by atoms with van der Waals surface area (Å²) in [5, 5.41) is 9.38. The summed E-state index contributed by atoms with van der Waals surface area (Å²) in [5.41, 5.74) is 1.44. The third-order valence-corrected chi connectivity index (χ3v) is 2.87. The van der Waals surface area contributed by atoms with Gasteiger partial charge in [-0.2, -0.15) is 0 Å². The highest BCUT2D eigenvalue weighted by Gasteiger charge is 2.08. The molecular weight excluding hydrogens is 264 g/mol. The van der Waals surface area contributed by atoms with E-state index in [1.165, 1.54) is 0 Å². The van der Waals surface area contributed by atoms with Crippen LogP contribution in [0.25, 0.3) is 0 Å². The first-order chi connectivity index (χ1) is 9.19. The van der Waals surface area contributed by atoms with Crippen molar-refractivity contribution in [2.75, 3.05) is 6.61 Å². The zero-order valence-corrected chi connectivity index (χ0v) is 10.9. The Morgan fingerprint density at radius 2 is 1.68 bits per heavy atom. The third-order valence-electron chi connectivity index (χ3n) is 2.61. The number of esters is 1. The summed E-state index contributed by atoms with van der Waals surface area (Å²) in [4.78, 5) is 11.8. The van der Waals surface area contributed by atoms with Crippen molar-refractivity contribution in [2.24, 2.45) is 0 Å². The molecule has 0 amide bonds. The Labute approximate surface area is 116 Å². The van der Waals surface area contributed by atoms with E-state index >= 15 is 0 Å². The Bertz CT molecular complexity index is 547. The number of aliphatic hydroxyl groups is 1. The van der Waals surface area contributed by atoms with Crippen molar-refractivity contribution in [1.82, 2.24) is 0 Å².